The second kappa shape index (κ2) is 12.1. The van der Waals surface area contributed by atoms with E-state index in [4.69, 9.17) is 16.3 Å². The van der Waals surface area contributed by atoms with Crippen molar-refractivity contribution in [2.24, 2.45) is 5.92 Å². The van der Waals surface area contributed by atoms with Crippen molar-refractivity contribution in [1.82, 2.24) is 14.8 Å². The van der Waals surface area contributed by atoms with Gasteiger partial charge in [-0.1, -0.05) is 11.6 Å². The van der Waals surface area contributed by atoms with Crippen LogP contribution < -0.4 is 4.74 Å². The van der Waals surface area contributed by atoms with E-state index < -0.39 is 5.92 Å². The Morgan fingerprint density at radius 3 is 2.37 bits per heavy atom. The van der Waals surface area contributed by atoms with Crippen molar-refractivity contribution < 1.29 is 27.6 Å². The number of likely N-dealkylation sites (N-methyl/N-ethyl adjacent to an activating group) is 1. The van der Waals surface area contributed by atoms with Crippen molar-refractivity contribution in [3.63, 3.8) is 0 Å². The summed E-state index contributed by atoms with van der Waals surface area (Å²) in [7, 11) is 3.47. The SMILES string of the molecule is C[N+](C)(CC(=O)N1CCN(Cc2cc(Cl)cc(Oc3ccncc3)c2)CC1)C(=O)CC1CCC(F)(F)CC1. The molecule has 2 heterocycles. The van der Waals surface area contributed by atoms with E-state index in [0.29, 0.717) is 62.1 Å². The van der Waals surface area contributed by atoms with Gasteiger partial charge in [0.2, 0.25) is 5.92 Å². The number of piperazine rings is 1. The molecular formula is C28H36ClF2N4O3+. The molecule has 7 nitrogen and oxygen atoms in total. The van der Waals surface area contributed by atoms with Gasteiger partial charge in [0.15, 0.2) is 6.54 Å². The first-order chi connectivity index (χ1) is 18.0. The third-order valence-corrected chi connectivity index (χ3v) is 7.67. The Morgan fingerprint density at radius 1 is 1.05 bits per heavy atom. The second-order valence-electron chi connectivity index (χ2n) is 11.0. The molecule has 0 spiro atoms. The number of aromatic nitrogens is 1. The zero-order valence-electron chi connectivity index (χ0n) is 22.0. The standard InChI is InChI=1S/C28H36ClF2N4O3/c1-35(2,27(37)17-21-3-7-28(30,31)8-4-21)20-26(36)34-13-11-33(12-14-34)19-22-15-23(29)18-25(16-22)38-24-5-9-32-10-6-24/h5-6,9-10,15-16,18,21H,3-4,7-8,11-14,17,19-20H2,1-2H3/q+1. The van der Waals surface area contributed by atoms with Crippen LogP contribution in [-0.4, -0.2) is 83.8 Å². The molecule has 1 saturated carbocycles. The summed E-state index contributed by atoms with van der Waals surface area (Å²) in [6.45, 7) is 3.31. The van der Waals surface area contributed by atoms with Crippen molar-refractivity contribution in [3.8, 4) is 11.5 Å². The molecule has 1 aromatic heterocycles. The molecule has 2 aromatic rings. The van der Waals surface area contributed by atoms with E-state index in [2.05, 4.69) is 9.88 Å². The molecule has 0 unspecified atom stereocenters. The van der Waals surface area contributed by atoms with Gasteiger partial charge in [-0.15, -0.1) is 0 Å². The number of pyridine rings is 1. The molecule has 1 aliphatic heterocycles. The van der Waals surface area contributed by atoms with Gasteiger partial charge in [-0.25, -0.2) is 13.6 Å². The monoisotopic (exact) mass is 549 g/mol. The van der Waals surface area contributed by atoms with Crippen LogP contribution >= 0.6 is 11.6 Å². The Hall–Kier alpha value is -2.62. The first kappa shape index (κ1) is 28.4. The van der Waals surface area contributed by atoms with E-state index in [1.807, 2.05) is 12.1 Å². The van der Waals surface area contributed by atoms with Gasteiger partial charge in [0.05, 0.1) is 20.5 Å². The number of benzene rings is 1. The normalized spacial score (nSPS) is 18.8. The molecule has 0 N–H and O–H groups in total. The smallest absolute Gasteiger partial charge is 0.313 e. The number of amides is 2. The quantitative estimate of drug-likeness (QED) is 0.434. The average molecular weight is 550 g/mol. The van der Waals surface area contributed by atoms with Gasteiger partial charge < -0.3 is 9.64 Å². The minimum atomic E-state index is -2.61. The molecule has 1 saturated heterocycles. The summed E-state index contributed by atoms with van der Waals surface area (Å²) < 4.78 is 32.7. The molecule has 206 valence electrons. The fourth-order valence-corrected chi connectivity index (χ4v) is 5.30. The molecule has 0 atom stereocenters. The lowest BCUT2D eigenvalue weighted by Gasteiger charge is -2.37. The molecule has 2 amide bonds. The number of nitrogens with zero attached hydrogens (tertiary/aromatic N) is 4. The molecule has 1 aromatic carbocycles. The zero-order chi connectivity index (χ0) is 27.3. The highest BCUT2D eigenvalue weighted by Gasteiger charge is 2.39. The van der Waals surface area contributed by atoms with Crippen LogP contribution in [0, 0.1) is 5.92 Å². The van der Waals surface area contributed by atoms with E-state index in [-0.39, 0.29) is 48.0 Å². The lowest BCUT2D eigenvalue weighted by atomic mass is 9.84. The zero-order valence-corrected chi connectivity index (χ0v) is 22.8. The van der Waals surface area contributed by atoms with Crippen LogP contribution in [0.5, 0.6) is 11.5 Å². The van der Waals surface area contributed by atoms with Gasteiger partial charge in [0.25, 0.3) is 5.91 Å². The van der Waals surface area contributed by atoms with Crippen LogP contribution in [0.2, 0.25) is 5.02 Å². The lowest BCUT2D eigenvalue weighted by Crippen LogP contribution is -2.56. The maximum Gasteiger partial charge on any atom is 0.313 e. The van der Waals surface area contributed by atoms with Gasteiger partial charge >= 0.3 is 5.91 Å². The second-order valence-corrected chi connectivity index (χ2v) is 11.4. The number of carbonyl (C=O) groups excluding carboxylic acids is 2. The Kier molecular flexibility index (Phi) is 9.00. The summed E-state index contributed by atoms with van der Waals surface area (Å²) >= 11 is 6.33. The highest BCUT2D eigenvalue weighted by Crippen LogP contribution is 2.37. The van der Waals surface area contributed by atoms with Gasteiger partial charge in [-0.3, -0.25) is 19.2 Å². The third-order valence-electron chi connectivity index (χ3n) is 7.45. The number of carbonyl (C=O) groups is 2. The van der Waals surface area contributed by atoms with E-state index in [1.165, 1.54) is 0 Å². The number of quaternary nitrogens is 1. The first-order valence-electron chi connectivity index (χ1n) is 13.1. The van der Waals surface area contributed by atoms with E-state index in [0.717, 1.165) is 5.56 Å². The summed E-state index contributed by atoms with van der Waals surface area (Å²) in [5, 5.41) is 0.590. The van der Waals surface area contributed by atoms with Crippen molar-refractivity contribution in [2.45, 2.75) is 44.6 Å². The topological polar surface area (TPSA) is 62.7 Å². The molecule has 2 fully saturated rings. The summed E-state index contributed by atoms with van der Waals surface area (Å²) in [6.07, 6.45) is 3.98. The molecule has 0 bridgehead atoms. The number of hydrogen-bond acceptors (Lipinski definition) is 5. The summed E-state index contributed by atoms with van der Waals surface area (Å²) in [4.78, 5) is 34.0. The molecular weight excluding hydrogens is 514 g/mol. The summed E-state index contributed by atoms with van der Waals surface area (Å²) in [5.41, 5.74) is 1.02. The third kappa shape index (κ3) is 7.94. The van der Waals surface area contributed by atoms with Crippen molar-refractivity contribution >= 4 is 23.4 Å². The Balaban J connectivity index is 1.25. The van der Waals surface area contributed by atoms with Crippen molar-refractivity contribution in [1.29, 1.82) is 0 Å². The number of ether oxygens (including phenoxy) is 1. The average Bonchev–Trinajstić information content (AvgIpc) is 2.85. The molecule has 1 aliphatic carbocycles. The summed E-state index contributed by atoms with van der Waals surface area (Å²) in [6, 6.07) is 9.20. The minimum absolute atomic E-state index is 0.0275. The van der Waals surface area contributed by atoms with E-state index in [9.17, 15) is 18.4 Å². The fraction of sp³-hybridized carbons (Fsp3) is 0.536. The highest BCUT2D eigenvalue weighted by atomic mass is 35.5. The van der Waals surface area contributed by atoms with Gasteiger partial charge in [-0.05, 0) is 54.7 Å². The van der Waals surface area contributed by atoms with Gasteiger partial charge in [0.1, 0.15) is 11.5 Å². The van der Waals surface area contributed by atoms with Gasteiger partial charge in [0, 0.05) is 63.0 Å². The van der Waals surface area contributed by atoms with E-state index in [1.54, 1.807) is 49.6 Å². The van der Waals surface area contributed by atoms with Crippen LogP contribution in [0.3, 0.4) is 0 Å². The first-order valence-corrected chi connectivity index (χ1v) is 13.5. The maximum atomic E-state index is 13.4. The number of halogens is 3. The Bertz CT molecular complexity index is 1110. The summed E-state index contributed by atoms with van der Waals surface area (Å²) in [5.74, 6) is -1.43. The minimum Gasteiger partial charge on any atom is -0.457 e. The van der Waals surface area contributed by atoms with Crippen LogP contribution in [-0.2, 0) is 16.1 Å². The molecule has 4 rings (SSSR count). The highest BCUT2D eigenvalue weighted by molar-refractivity contribution is 6.30. The number of alkyl halides is 2. The van der Waals surface area contributed by atoms with Crippen molar-refractivity contribution in [2.75, 3.05) is 46.8 Å². The predicted octanol–water partition coefficient (Wildman–Crippen LogP) is 4.99. The van der Waals surface area contributed by atoms with Crippen LogP contribution in [0.15, 0.2) is 42.7 Å². The number of rotatable bonds is 8. The van der Waals surface area contributed by atoms with Gasteiger partial charge in [-0.2, -0.15) is 0 Å². The molecule has 10 heteroatoms. The maximum absolute atomic E-state index is 13.4. The lowest BCUT2D eigenvalue weighted by molar-refractivity contribution is -0.806. The molecule has 2 aliphatic rings. The van der Waals surface area contributed by atoms with Crippen LogP contribution in [0.4, 0.5) is 8.78 Å². The Morgan fingerprint density at radius 2 is 1.71 bits per heavy atom. The fourth-order valence-electron chi connectivity index (χ4n) is 5.05. The molecule has 38 heavy (non-hydrogen) atoms. The van der Waals surface area contributed by atoms with E-state index >= 15 is 0 Å². The van der Waals surface area contributed by atoms with Crippen molar-refractivity contribution in [3.05, 3.63) is 53.3 Å². The Labute approximate surface area is 227 Å². The largest absolute Gasteiger partial charge is 0.457 e. The van der Waals surface area contributed by atoms with Crippen LogP contribution in [0.1, 0.15) is 37.7 Å². The number of hydrogen-bond donors (Lipinski definition) is 0. The molecule has 0 radical (unpaired) electrons. The predicted molar refractivity (Wildman–Crippen MR) is 141 cm³/mol. The van der Waals surface area contributed by atoms with Crippen LogP contribution in [0.25, 0.3) is 0 Å².